The number of rotatable bonds is 7. The van der Waals surface area contributed by atoms with Crippen LogP contribution in [0.2, 0.25) is 0 Å². The zero-order valence-electron chi connectivity index (χ0n) is 8.77. The normalized spacial score (nSPS) is 8.50. The second kappa shape index (κ2) is 17.9. The molecule has 0 aromatic heterocycles. The standard InChI is InChI=1S/C10H21.FH.Na/c1-3-5-7-9-10-8-6-4-2;;/h1,3-10H2,2H3;1H;/q-1;;+1. The van der Waals surface area contributed by atoms with E-state index in [1.807, 2.05) is 0 Å². The average molecular weight is 184 g/mol. The summed E-state index contributed by atoms with van der Waals surface area (Å²) in [5, 5.41) is 0. The molecular weight excluding hydrogens is 162 g/mol. The van der Waals surface area contributed by atoms with Crippen LogP contribution in [0.4, 0.5) is 4.70 Å². The van der Waals surface area contributed by atoms with E-state index in [4.69, 9.17) is 0 Å². The molecule has 0 aliphatic carbocycles. The van der Waals surface area contributed by atoms with E-state index in [1.54, 1.807) is 0 Å². The van der Waals surface area contributed by atoms with Crippen molar-refractivity contribution in [2.75, 3.05) is 0 Å². The minimum atomic E-state index is 0. The molecule has 0 aromatic carbocycles. The fourth-order valence-corrected chi connectivity index (χ4v) is 1.13. The largest absolute Gasteiger partial charge is 1.00 e. The molecule has 70 valence electrons. The Morgan fingerprint density at radius 1 is 0.833 bits per heavy atom. The summed E-state index contributed by atoms with van der Waals surface area (Å²) in [6.07, 6.45) is 10.9. The number of hydrogen-bond acceptors (Lipinski definition) is 0. The van der Waals surface area contributed by atoms with Crippen molar-refractivity contribution in [2.24, 2.45) is 0 Å². The van der Waals surface area contributed by atoms with Crippen LogP contribution in [-0.4, -0.2) is 0 Å². The molecule has 0 aliphatic rings. The monoisotopic (exact) mass is 184 g/mol. The van der Waals surface area contributed by atoms with E-state index in [0.717, 1.165) is 6.42 Å². The van der Waals surface area contributed by atoms with E-state index < -0.39 is 0 Å². The van der Waals surface area contributed by atoms with Gasteiger partial charge in [-0.25, -0.2) is 0 Å². The third-order valence-corrected chi connectivity index (χ3v) is 1.85. The molecule has 0 bridgehead atoms. The Morgan fingerprint density at radius 2 is 1.25 bits per heavy atom. The summed E-state index contributed by atoms with van der Waals surface area (Å²) in [7, 11) is 0. The molecule has 0 aromatic rings. The summed E-state index contributed by atoms with van der Waals surface area (Å²) in [6.45, 7) is 6.08. The fourth-order valence-electron chi connectivity index (χ4n) is 1.13. The Hall–Kier alpha value is 0.930. The van der Waals surface area contributed by atoms with Crippen molar-refractivity contribution < 1.29 is 34.3 Å². The van der Waals surface area contributed by atoms with Crippen LogP contribution in [-0.2, 0) is 0 Å². The van der Waals surface area contributed by atoms with Crippen LogP contribution in [0.3, 0.4) is 0 Å². The van der Waals surface area contributed by atoms with Crippen molar-refractivity contribution in [3.63, 3.8) is 0 Å². The Balaban J connectivity index is -0.000000405. The fraction of sp³-hybridized carbons (Fsp3) is 0.900. The van der Waals surface area contributed by atoms with Gasteiger partial charge in [0.2, 0.25) is 0 Å². The van der Waals surface area contributed by atoms with E-state index >= 15 is 0 Å². The van der Waals surface area contributed by atoms with Crippen LogP contribution < -0.4 is 29.6 Å². The Kier molecular flexibility index (Phi) is 27.8. The van der Waals surface area contributed by atoms with Crippen LogP contribution in [0.5, 0.6) is 0 Å². The molecule has 0 saturated heterocycles. The van der Waals surface area contributed by atoms with Crippen LogP contribution in [0.25, 0.3) is 0 Å². The first kappa shape index (κ1) is 18.7. The third-order valence-electron chi connectivity index (χ3n) is 1.85. The topological polar surface area (TPSA) is 0 Å². The van der Waals surface area contributed by atoms with E-state index in [9.17, 15) is 0 Å². The van der Waals surface area contributed by atoms with Gasteiger partial charge in [0.05, 0.1) is 0 Å². The van der Waals surface area contributed by atoms with Crippen LogP contribution >= 0.6 is 0 Å². The maximum atomic E-state index is 3.82. The maximum absolute atomic E-state index is 3.82. The molecule has 0 radical (unpaired) electrons. The summed E-state index contributed by atoms with van der Waals surface area (Å²) < 4.78 is 0. The van der Waals surface area contributed by atoms with E-state index in [2.05, 4.69) is 13.8 Å². The summed E-state index contributed by atoms with van der Waals surface area (Å²) in [5.74, 6) is 0. The van der Waals surface area contributed by atoms with E-state index in [0.29, 0.717) is 0 Å². The predicted octanol–water partition coefficient (Wildman–Crippen LogP) is 1.12. The van der Waals surface area contributed by atoms with Gasteiger partial charge in [0.25, 0.3) is 0 Å². The van der Waals surface area contributed by atoms with Crippen LogP contribution in [0.1, 0.15) is 58.3 Å². The van der Waals surface area contributed by atoms with Gasteiger partial charge in [-0.3, -0.25) is 4.70 Å². The second-order valence-electron chi connectivity index (χ2n) is 2.97. The zero-order valence-corrected chi connectivity index (χ0v) is 10.8. The predicted molar refractivity (Wildman–Crippen MR) is 50.5 cm³/mol. The number of hydrogen-bond donors (Lipinski definition) is 0. The first-order valence-corrected chi connectivity index (χ1v) is 4.71. The Labute approximate surface area is 99.2 Å². The molecule has 12 heavy (non-hydrogen) atoms. The van der Waals surface area contributed by atoms with Gasteiger partial charge in [-0.15, -0.1) is 0 Å². The molecular formula is C10H22FNa. The van der Waals surface area contributed by atoms with Gasteiger partial charge in [0, 0.05) is 0 Å². The minimum absolute atomic E-state index is 0. The molecule has 0 nitrogen and oxygen atoms in total. The van der Waals surface area contributed by atoms with Crippen molar-refractivity contribution in [2.45, 2.75) is 58.3 Å². The smallest absolute Gasteiger partial charge is 0.343 e. The molecule has 0 amide bonds. The Bertz CT molecular complexity index is 49.8. The van der Waals surface area contributed by atoms with E-state index in [1.165, 1.54) is 44.9 Å². The molecule has 0 aliphatic heterocycles. The molecule has 0 unspecified atom stereocenters. The van der Waals surface area contributed by atoms with Crippen molar-refractivity contribution in [1.82, 2.24) is 0 Å². The summed E-state index contributed by atoms with van der Waals surface area (Å²) in [6, 6.07) is 0. The second-order valence-corrected chi connectivity index (χ2v) is 2.97. The Morgan fingerprint density at radius 3 is 1.67 bits per heavy atom. The molecule has 0 rings (SSSR count). The summed E-state index contributed by atoms with van der Waals surface area (Å²) >= 11 is 0. The molecule has 0 saturated carbocycles. The van der Waals surface area contributed by atoms with Gasteiger partial charge < -0.3 is 6.92 Å². The van der Waals surface area contributed by atoms with Crippen molar-refractivity contribution in [3.8, 4) is 0 Å². The van der Waals surface area contributed by atoms with Gasteiger partial charge in [-0.05, 0) is 0 Å². The number of unbranched alkanes of at least 4 members (excludes halogenated alkanes) is 7. The molecule has 2 heteroatoms. The molecule has 0 atom stereocenters. The SMILES string of the molecule is F.[CH2-]CCCCCCCCC.[Na+]. The minimum Gasteiger partial charge on any atom is -0.343 e. The maximum Gasteiger partial charge on any atom is 1.00 e. The van der Waals surface area contributed by atoms with Gasteiger partial charge in [-0.1, -0.05) is 51.9 Å². The van der Waals surface area contributed by atoms with Crippen LogP contribution in [0.15, 0.2) is 0 Å². The van der Waals surface area contributed by atoms with E-state index in [-0.39, 0.29) is 34.3 Å². The summed E-state index contributed by atoms with van der Waals surface area (Å²) in [5.41, 5.74) is 0. The van der Waals surface area contributed by atoms with Gasteiger partial charge in [0.1, 0.15) is 0 Å². The van der Waals surface area contributed by atoms with Crippen molar-refractivity contribution in [3.05, 3.63) is 6.92 Å². The van der Waals surface area contributed by atoms with Crippen molar-refractivity contribution >= 4 is 0 Å². The molecule has 0 spiro atoms. The first-order chi connectivity index (χ1) is 4.91. The van der Waals surface area contributed by atoms with Crippen LogP contribution in [0, 0.1) is 6.92 Å². The van der Waals surface area contributed by atoms with Gasteiger partial charge in [0.15, 0.2) is 0 Å². The average Bonchev–Trinajstić information content (AvgIpc) is 1.97. The summed E-state index contributed by atoms with van der Waals surface area (Å²) in [4.78, 5) is 0. The molecule has 0 fully saturated rings. The van der Waals surface area contributed by atoms with Gasteiger partial charge in [-0.2, -0.15) is 6.42 Å². The van der Waals surface area contributed by atoms with Gasteiger partial charge >= 0.3 is 29.6 Å². The third kappa shape index (κ3) is 17.1. The molecule has 0 heterocycles. The quantitative estimate of drug-likeness (QED) is 0.316. The molecule has 0 N–H and O–H groups in total. The first-order valence-electron chi connectivity index (χ1n) is 4.71. The van der Waals surface area contributed by atoms with Crippen molar-refractivity contribution in [1.29, 1.82) is 0 Å². The zero-order chi connectivity index (χ0) is 7.66. The number of halogens is 1.